The smallest absolute Gasteiger partial charge is 0.344 e. The van der Waals surface area contributed by atoms with Gasteiger partial charge in [0.25, 0.3) is 0 Å². The Morgan fingerprint density at radius 1 is 1.21 bits per heavy atom. The number of pyridine rings is 1. The molecule has 2 atom stereocenters. The summed E-state index contributed by atoms with van der Waals surface area (Å²) in [6, 6.07) is 5.73. The lowest BCUT2D eigenvalue weighted by molar-refractivity contribution is -0.137. The molecule has 4 rings (SSSR count). The van der Waals surface area contributed by atoms with Crippen molar-refractivity contribution in [1.29, 1.82) is 0 Å². The summed E-state index contributed by atoms with van der Waals surface area (Å²) in [4.78, 5) is 18.3. The van der Waals surface area contributed by atoms with E-state index in [4.69, 9.17) is 0 Å². The first-order chi connectivity index (χ1) is 13.2. The second-order valence-corrected chi connectivity index (χ2v) is 7.46. The predicted octanol–water partition coefficient (Wildman–Crippen LogP) is 3.93. The SMILES string of the molecule is CN1CC[C@]2(CC[C@H](c3cc(-c4ccc(C(F)(F)F)cc4)c(F)cn3)N2)C1=O. The highest BCUT2D eigenvalue weighted by atomic mass is 19.4. The molecule has 2 aliphatic heterocycles. The third kappa shape index (κ3) is 3.15. The van der Waals surface area contributed by atoms with Crippen LogP contribution in [0.3, 0.4) is 0 Å². The molecule has 1 aromatic heterocycles. The molecule has 1 spiro atoms. The van der Waals surface area contributed by atoms with E-state index in [1.807, 2.05) is 0 Å². The Bertz CT molecular complexity index is 913. The van der Waals surface area contributed by atoms with Crippen LogP contribution >= 0.6 is 0 Å². The molecule has 0 unspecified atom stereocenters. The van der Waals surface area contributed by atoms with Gasteiger partial charge in [-0.1, -0.05) is 12.1 Å². The first-order valence-electron chi connectivity index (χ1n) is 9.06. The summed E-state index contributed by atoms with van der Waals surface area (Å²) < 4.78 is 52.6. The van der Waals surface area contributed by atoms with Gasteiger partial charge >= 0.3 is 6.18 Å². The minimum Gasteiger partial charge on any atom is -0.344 e. The summed E-state index contributed by atoms with van der Waals surface area (Å²) >= 11 is 0. The maximum atomic E-state index is 14.3. The molecular formula is C20H19F4N3O. The van der Waals surface area contributed by atoms with Crippen molar-refractivity contribution in [2.75, 3.05) is 13.6 Å². The van der Waals surface area contributed by atoms with Gasteiger partial charge in [-0.05, 0) is 43.0 Å². The fourth-order valence-electron chi connectivity index (χ4n) is 4.09. The second kappa shape index (κ2) is 6.55. The number of rotatable bonds is 2. The van der Waals surface area contributed by atoms with Gasteiger partial charge in [-0.2, -0.15) is 13.2 Å². The van der Waals surface area contributed by atoms with Crippen LogP contribution in [-0.4, -0.2) is 34.9 Å². The van der Waals surface area contributed by atoms with Gasteiger partial charge in [0, 0.05) is 19.2 Å². The zero-order valence-corrected chi connectivity index (χ0v) is 15.2. The summed E-state index contributed by atoms with van der Waals surface area (Å²) in [6.45, 7) is 0.687. The number of amides is 1. The number of carbonyl (C=O) groups is 1. The lowest BCUT2D eigenvalue weighted by atomic mass is 9.96. The minimum atomic E-state index is -4.44. The number of nitrogens with one attached hydrogen (secondary N) is 1. The highest BCUT2D eigenvalue weighted by molar-refractivity contribution is 5.88. The number of benzene rings is 1. The molecule has 2 aromatic rings. The van der Waals surface area contributed by atoms with Gasteiger partial charge < -0.3 is 4.90 Å². The maximum absolute atomic E-state index is 14.3. The van der Waals surface area contributed by atoms with Crippen LogP contribution < -0.4 is 5.32 Å². The number of likely N-dealkylation sites (N-methyl/N-ethyl adjacent to an activating group) is 1. The molecule has 1 amide bonds. The zero-order chi connectivity index (χ0) is 20.1. The van der Waals surface area contributed by atoms with E-state index in [-0.39, 0.29) is 17.5 Å². The first-order valence-corrected chi connectivity index (χ1v) is 9.06. The molecule has 28 heavy (non-hydrogen) atoms. The summed E-state index contributed by atoms with van der Waals surface area (Å²) in [5.41, 5.74) is -0.260. The lowest BCUT2D eigenvalue weighted by Crippen LogP contribution is -2.47. The summed E-state index contributed by atoms with van der Waals surface area (Å²) in [5.74, 6) is -0.548. The molecule has 0 aliphatic carbocycles. The van der Waals surface area contributed by atoms with Crippen molar-refractivity contribution in [3.8, 4) is 11.1 Å². The largest absolute Gasteiger partial charge is 0.416 e. The average Bonchev–Trinajstić information content (AvgIpc) is 3.22. The van der Waals surface area contributed by atoms with E-state index in [9.17, 15) is 22.4 Å². The van der Waals surface area contributed by atoms with Crippen LogP contribution in [0, 0.1) is 5.82 Å². The molecule has 4 nitrogen and oxygen atoms in total. The standard InChI is InChI=1S/C20H19F4N3O/c1-27-9-8-19(18(27)28)7-6-16(26-19)17-10-14(15(21)11-25-17)12-2-4-13(5-3-12)20(22,23)24/h2-5,10-11,16,26H,6-9H2,1H3/t16-,19-/m1/s1. The van der Waals surface area contributed by atoms with Crippen LogP contribution in [-0.2, 0) is 11.0 Å². The third-order valence-electron chi connectivity index (χ3n) is 5.70. The van der Waals surface area contributed by atoms with Gasteiger partial charge in [-0.15, -0.1) is 0 Å². The van der Waals surface area contributed by atoms with Crippen LogP contribution in [0.4, 0.5) is 17.6 Å². The number of hydrogen-bond donors (Lipinski definition) is 1. The van der Waals surface area contributed by atoms with Crippen molar-refractivity contribution in [3.05, 3.63) is 53.6 Å². The van der Waals surface area contributed by atoms with E-state index in [1.165, 1.54) is 12.1 Å². The van der Waals surface area contributed by atoms with Gasteiger partial charge in [0.2, 0.25) is 5.91 Å². The topological polar surface area (TPSA) is 45.2 Å². The van der Waals surface area contributed by atoms with Crippen molar-refractivity contribution in [2.24, 2.45) is 0 Å². The van der Waals surface area contributed by atoms with Gasteiger partial charge in [-0.3, -0.25) is 15.1 Å². The van der Waals surface area contributed by atoms with Gasteiger partial charge in [0.15, 0.2) is 0 Å². The van der Waals surface area contributed by atoms with Crippen molar-refractivity contribution >= 4 is 5.91 Å². The Labute approximate surface area is 159 Å². The molecule has 8 heteroatoms. The van der Waals surface area contributed by atoms with Crippen LogP contribution in [0.5, 0.6) is 0 Å². The monoisotopic (exact) mass is 393 g/mol. The van der Waals surface area contributed by atoms with Crippen LogP contribution in [0.15, 0.2) is 36.5 Å². The van der Waals surface area contributed by atoms with Crippen LogP contribution in [0.1, 0.15) is 36.6 Å². The van der Waals surface area contributed by atoms with E-state index in [2.05, 4.69) is 10.3 Å². The Balaban J connectivity index is 1.61. The molecule has 2 saturated heterocycles. The summed E-state index contributed by atoms with van der Waals surface area (Å²) in [5, 5.41) is 3.37. The maximum Gasteiger partial charge on any atom is 0.416 e. The molecule has 1 N–H and O–H groups in total. The molecule has 2 aliphatic rings. The molecule has 1 aromatic carbocycles. The number of carbonyl (C=O) groups excluding carboxylic acids is 1. The Kier molecular flexibility index (Phi) is 4.41. The number of aromatic nitrogens is 1. The Hall–Kier alpha value is -2.48. The van der Waals surface area contributed by atoms with E-state index in [1.54, 1.807) is 18.0 Å². The second-order valence-electron chi connectivity index (χ2n) is 7.46. The van der Waals surface area contributed by atoms with Gasteiger partial charge in [-0.25, -0.2) is 4.39 Å². The van der Waals surface area contributed by atoms with Crippen molar-refractivity contribution in [2.45, 2.75) is 37.0 Å². The molecule has 0 bridgehead atoms. The quantitative estimate of drug-likeness (QED) is 0.787. The number of nitrogens with zero attached hydrogens (tertiary/aromatic N) is 2. The van der Waals surface area contributed by atoms with E-state index in [0.29, 0.717) is 37.1 Å². The first kappa shape index (κ1) is 18.9. The van der Waals surface area contributed by atoms with Crippen molar-refractivity contribution in [3.63, 3.8) is 0 Å². The van der Waals surface area contributed by atoms with Gasteiger partial charge in [0.05, 0.1) is 23.5 Å². The molecule has 3 heterocycles. The molecule has 2 fully saturated rings. The van der Waals surface area contributed by atoms with E-state index >= 15 is 0 Å². The predicted molar refractivity (Wildman–Crippen MR) is 94.7 cm³/mol. The van der Waals surface area contributed by atoms with Crippen LogP contribution in [0.25, 0.3) is 11.1 Å². The third-order valence-corrected chi connectivity index (χ3v) is 5.70. The van der Waals surface area contributed by atoms with Crippen molar-refractivity contribution in [1.82, 2.24) is 15.2 Å². The van der Waals surface area contributed by atoms with Gasteiger partial charge in [0.1, 0.15) is 11.4 Å². The highest BCUT2D eigenvalue weighted by Crippen LogP contribution is 2.39. The van der Waals surface area contributed by atoms with Crippen LogP contribution in [0.2, 0.25) is 0 Å². The normalized spacial score (nSPS) is 25.1. The number of halogens is 4. The average molecular weight is 393 g/mol. The zero-order valence-electron chi connectivity index (χ0n) is 15.2. The lowest BCUT2D eigenvalue weighted by Gasteiger charge is -2.23. The molecule has 0 radical (unpaired) electrons. The van der Waals surface area contributed by atoms with Crippen molar-refractivity contribution < 1.29 is 22.4 Å². The number of likely N-dealkylation sites (tertiary alicyclic amines) is 1. The minimum absolute atomic E-state index is 0.0556. The fraction of sp³-hybridized carbons (Fsp3) is 0.400. The fourth-order valence-corrected chi connectivity index (χ4v) is 4.09. The number of hydrogen-bond acceptors (Lipinski definition) is 3. The highest BCUT2D eigenvalue weighted by Gasteiger charge is 2.50. The number of alkyl halides is 3. The summed E-state index contributed by atoms with van der Waals surface area (Å²) in [7, 11) is 1.77. The summed E-state index contributed by atoms with van der Waals surface area (Å²) in [6.07, 6.45) is -1.28. The molecular weight excluding hydrogens is 374 g/mol. The Morgan fingerprint density at radius 3 is 2.54 bits per heavy atom. The van der Waals surface area contributed by atoms with E-state index < -0.39 is 23.1 Å². The Morgan fingerprint density at radius 2 is 1.93 bits per heavy atom. The van der Waals surface area contributed by atoms with E-state index in [0.717, 1.165) is 18.3 Å². The molecule has 0 saturated carbocycles. The molecule has 148 valence electrons.